The molecule has 2 heterocycles. The molecule has 2 aromatic rings. The lowest BCUT2D eigenvalue weighted by molar-refractivity contribution is 0.443. The third-order valence-corrected chi connectivity index (χ3v) is 5.69. The van der Waals surface area contributed by atoms with Crippen molar-refractivity contribution in [3.63, 3.8) is 0 Å². The van der Waals surface area contributed by atoms with Crippen LogP contribution in [0.25, 0.3) is 16.6 Å². The molecule has 3 N–H and O–H groups in total. The summed E-state index contributed by atoms with van der Waals surface area (Å²) in [5.74, 6) is -0.694. The van der Waals surface area contributed by atoms with Gasteiger partial charge in [-0.25, -0.2) is 9.37 Å². The van der Waals surface area contributed by atoms with Gasteiger partial charge in [0.25, 0.3) is 5.56 Å². The number of allylic oxidation sites excluding steroid dienone is 5. The van der Waals surface area contributed by atoms with Gasteiger partial charge in [0.2, 0.25) is 0 Å². The highest BCUT2D eigenvalue weighted by atomic mass is 19.1. The molecule has 7 nitrogen and oxygen atoms in total. The van der Waals surface area contributed by atoms with Crippen LogP contribution in [0.4, 0.5) is 10.1 Å². The van der Waals surface area contributed by atoms with Gasteiger partial charge in [-0.05, 0) is 50.2 Å². The van der Waals surface area contributed by atoms with Gasteiger partial charge in [-0.2, -0.15) is 0 Å². The second kappa shape index (κ2) is 8.23. The number of benzene rings is 1. The van der Waals surface area contributed by atoms with Crippen molar-refractivity contribution in [1.29, 1.82) is 5.41 Å². The van der Waals surface area contributed by atoms with Gasteiger partial charge in [0.05, 0.1) is 22.3 Å². The smallest absolute Gasteiger partial charge is 0.265 e. The molecule has 1 aliphatic carbocycles. The average molecular weight is 408 g/mol. The second-order valence-electron chi connectivity index (χ2n) is 7.54. The topological polar surface area (TPSA) is 86.0 Å². The Balaban J connectivity index is 1.77. The molecule has 1 saturated heterocycles. The van der Waals surface area contributed by atoms with E-state index in [-0.39, 0.29) is 11.3 Å². The number of halogens is 1. The van der Waals surface area contributed by atoms with Crippen LogP contribution >= 0.6 is 0 Å². The number of hydrogen-bond donors (Lipinski definition) is 3. The summed E-state index contributed by atoms with van der Waals surface area (Å²) in [6.45, 7) is 1.97. The minimum absolute atomic E-state index is 0.221. The number of rotatable bonds is 4. The standard InChI is InChI=1S/C22H25FN6O/c1-25-12-14-9-17(11-19(23)21(14)24)29-13-27-20-4-3-16(10-18(20)22(29)30)28(2)15-5-7-26-8-6-15/h3-4,9-13,15,24-26H,5-8H2,1-2H3/b14-12-,24-21?. The minimum atomic E-state index is -0.694. The third-order valence-electron chi connectivity index (χ3n) is 5.69. The molecule has 0 unspecified atom stereocenters. The molecule has 2 aliphatic rings. The Morgan fingerprint density at radius 1 is 1.33 bits per heavy atom. The van der Waals surface area contributed by atoms with Gasteiger partial charge in [0, 0.05) is 43.7 Å². The molecule has 1 aromatic heterocycles. The Morgan fingerprint density at radius 2 is 2.10 bits per heavy atom. The van der Waals surface area contributed by atoms with Crippen molar-refractivity contribution >= 4 is 28.0 Å². The van der Waals surface area contributed by atoms with Crippen LogP contribution in [0.1, 0.15) is 12.8 Å². The third kappa shape index (κ3) is 3.66. The highest BCUT2D eigenvalue weighted by Crippen LogP contribution is 2.25. The van der Waals surface area contributed by atoms with Gasteiger partial charge >= 0.3 is 0 Å². The molecule has 0 radical (unpaired) electrons. The quantitative estimate of drug-likeness (QED) is 0.723. The van der Waals surface area contributed by atoms with E-state index in [9.17, 15) is 9.18 Å². The van der Waals surface area contributed by atoms with Crippen molar-refractivity contribution in [1.82, 2.24) is 20.2 Å². The predicted molar refractivity (Wildman–Crippen MR) is 119 cm³/mol. The molecule has 0 saturated carbocycles. The van der Waals surface area contributed by atoms with Gasteiger partial charge in [-0.1, -0.05) is 0 Å². The van der Waals surface area contributed by atoms with Gasteiger partial charge in [0.15, 0.2) is 5.83 Å². The Kier molecular flexibility index (Phi) is 5.50. The van der Waals surface area contributed by atoms with Crippen LogP contribution in [0.2, 0.25) is 0 Å². The maximum absolute atomic E-state index is 14.3. The summed E-state index contributed by atoms with van der Waals surface area (Å²) in [5.41, 5.74) is 1.76. The van der Waals surface area contributed by atoms with E-state index < -0.39 is 5.83 Å². The zero-order chi connectivity index (χ0) is 21.3. The maximum atomic E-state index is 14.3. The average Bonchev–Trinajstić information content (AvgIpc) is 2.77. The molecule has 8 heteroatoms. The first-order valence-corrected chi connectivity index (χ1v) is 10.0. The molecule has 1 fully saturated rings. The number of fused-ring (bicyclic) bond motifs is 1. The van der Waals surface area contributed by atoms with E-state index in [0.29, 0.717) is 28.2 Å². The highest BCUT2D eigenvalue weighted by Gasteiger charge is 2.20. The van der Waals surface area contributed by atoms with E-state index >= 15 is 0 Å². The fourth-order valence-electron chi connectivity index (χ4n) is 3.94. The van der Waals surface area contributed by atoms with Crippen LogP contribution in [-0.4, -0.2) is 48.5 Å². The van der Waals surface area contributed by atoms with Gasteiger partial charge in [-0.15, -0.1) is 0 Å². The van der Waals surface area contributed by atoms with Crippen LogP contribution < -0.4 is 21.1 Å². The Labute approximate surface area is 174 Å². The van der Waals surface area contributed by atoms with Gasteiger partial charge in [-0.3, -0.25) is 14.8 Å². The molecule has 1 aromatic carbocycles. The molecular formula is C22H25FN6O. The van der Waals surface area contributed by atoms with Crippen LogP contribution in [0, 0.1) is 5.41 Å². The van der Waals surface area contributed by atoms with E-state index in [4.69, 9.17) is 5.41 Å². The number of hydrogen-bond acceptors (Lipinski definition) is 6. The summed E-state index contributed by atoms with van der Waals surface area (Å²) in [4.78, 5) is 19.9. The van der Waals surface area contributed by atoms with Gasteiger partial charge < -0.3 is 15.5 Å². The largest absolute Gasteiger partial charge is 0.393 e. The normalized spacial score (nSPS) is 19.0. The first-order valence-electron chi connectivity index (χ1n) is 10.0. The lowest BCUT2D eigenvalue weighted by atomic mass is 10.0. The van der Waals surface area contributed by atoms with E-state index in [0.717, 1.165) is 31.6 Å². The Bertz CT molecular complexity index is 1140. The summed E-state index contributed by atoms with van der Waals surface area (Å²) in [6.07, 6.45) is 7.82. The lowest BCUT2D eigenvalue weighted by Gasteiger charge is -2.33. The van der Waals surface area contributed by atoms with E-state index in [1.807, 2.05) is 25.2 Å². The Morgan fingerprint density at radius 3 is 2.83 bits per heavy atom. The summed E-state index contributed by atoms with van der Waals surface area (Å²) < 4.78 is 15.6. The first-order chi connectivity index (χ1) is 14.5. The van der Waals surface area contributed by atoms with Gasteiger partial charge in [0.1, 0.15) is 6.33 Å². The number of nitrogens with one attached hydrogen (secondary N) is 3. The van der Waals surface area contributed by atoms with Crippen molar-refractivity contribution in [3.05, 3.63) is 64.6 Å². The lowest BCUT2D eigenvalue weighted by Crippen LogP contribution is -2.41. The molecule has 0 amide bonds. The second-order valence-corrected chi connectivity index (χ2v) is 7.54. The Hall–Kier alpha value is -3.26. The SMILES string of the molecule is CN/C=C1/C=C(n2cnc3ccc(N(C)C4CCNCC4)cc3c2=O)C=C(F)C1=N. The predicted octanol–water partition coefficient (Wildman–Crippen LogP) is 2.42. The van der Waals surface area contributed by atoms with Crippen molar-refractivity contribution < 1.29 is 4.39 Å². The van der Waals surface area contributed by atoms with Crippen LogP contribution in [0.5, 0.6) is 0 Å². The minimum Gasteiger partial charge on any atom is -0.393 e. The van der Waals surface area contributed by atoms with Crippen molar-refractivity contribution in [2.45, 2.75) is 18.9 Å². The van der Waals surface area contributed by atoms with Crippen LogP contribution in [0.15, 0.2) is 59.1 Å². The van der Waals surface area contributed by atoms with Crippen molar-refractivity contribution in [2.24, 2.45) is 0 Å². The van der Waals surface area contributed by atoms with Crippen LogP contribution in [0.3, 0.4) is 0 Å². The number of nitrogens with zero attached hydrogens (tertiary/aromatic N) is 3. The molecule has 0 spiro atoms. The highest BCUT2D eigenvalue weighted by molar-refractivity contribution is 6.14. The van der Waals surface area contributed by atoms with E-state index in [1.54, 1.807) is 13.1 Å². The van der Waals surface area contributed by atoms with Crippen LogP contribution in [-0.2, 0) is 0 Å². The summed E-state index contributed by atoms with van der Waals surface area (Å²) >= 11 is 0. The van der Waals surface area contributed by atoms with E-state index in [1.165, 1.54) is 23.2 Å². The van der Waals surface area contributed by atoms with Crippen molar-refractivity contribution in [2.75, 3.05) is 32.1 Å². The molecule has 4 rings (SSSR count). The fraction of sp³-hybridized carbons (Fsp3) is 0.318. The molecule has 156 valence electrons. The zero-order valence-electron chi connectivity index (χ0n) is 17.1. The molecule has 0 atom stereocenters. The molecule has 0 bridgehead atoms. The summed E-state index contributed by atoms with van der Waals surface area (Å²) in [6, 6.07) is 6.11. The van der Waals surface area contributed by atoms with E-state index in [2.05, 4.69) is 20.5 Å². The summed E-state index contributed by atoms with van der Waals surface area (Å²) in [7, 11) is 3.72. The fourth-order valence-corrected chi connectivity index (χ4v) is 3.94. The molecular weight excluding hydrogens is 383 g/mol. The van der Waals surface area contributed by atoms with Crippen molar-refractivity contribution in [3.8, 4) is 0 Å². The monoisotopic (exact) mass is 408 g/mol. The number of aromatic nitrogens is 2. The summed E-state index contributed by atoms with van der Waals surface area (Å²) in [5, 5.41) is 14.5. The molecule has 1 aliphatic heterocycles. The zero-order valence-corrected chi connectivity index (χ0v) is 17.1. The number of piperidine rings is 1. The number of anilines is 1. The maximum Gasteiger partial charge on any atom is 0.265 e. The molecule has 30 heavy (non-hydrogen) atoms. The first kappa shape index (κ1) is 20.0.